The molecule has 3 heterocycles. The number of ketones is 1. The first kappa shape index (κ1) is 19.5. The van der Waals surface area contributed by atoms with Crippen LogP contribution in [0.3, 0.4) is 0 Å². The summed E-state index contributed by atoms with van der Waals surface area (Å²) in [4.78, 5) is 25.6. The molecule has 9 heteroatoms. The Morgan fingerprint density at radius 2 is 2.06 bits per heavy atom. The second-order valence-corrected chi connectivity index (χ2v) is 8.98. The maximum absolute atomic E-state index is 12.2. The predicted molar refractivity (Wildman–Crippen MR) is 113 cm³/mol. The minimum Gasteiger partial charge on any atom is -0.424 e. The second-order valence-electron chi connectivity index (χ2n) is 7.86. The molecule has 0 radical (unpaired) electrons. The molecule has 1 aliphatic carbocycles. The van der Waals surface area contributed by atoms with E-state index in [0.717, 1.165) is 39.3 Å². The van der Waals surface area contributed by atoms with Crippen LogP contribution >= 0.6 is 11.3 Å². The highest BCUT2D eigenvalue weighted by Crippen LogP contribution is 2.48. The summed E-state index contributed by atoms with van der Waals surface area (Å²) in [5, 5.41) is 18.0. The van der Waals surface area contributed by atoms with Gasteiger partial charge in [0.1, 0.15) is 10.8 Å². The lowest BCUT2D eigenvalue weighted by Crippen LogP contribution is -2.10. The Balaban J connectivity index is 1.28. The highest BCUT2D eigenvalue weighted by Gasteiger charge is 2.44. The maximum atomic E-state index is 12.2. The van der Waals surface area contributed by atoms with Crippen LogP contribution in [0.25, 0.3) is 21.6 Å². The molecule has 1 aliphatic rings. The minimum absolute atomic E-state index is 0.0415. The van der Waals surface area contributed by atoms with E-state index in [4.69, 9.17) is 9.68 Å². The molecule has 0 unspecified atom stereocenters. The standard InChI is InChI=1S/C22H18N6O2S/c1-13-4-7-24-21(25-13)14-2-3-16-17(8-14)31-20(26-16)10-19-28-27-18(30-19)9-15(29)11-22(12-23)5-6-22/h2-4,7-8H,5-6,9-11H2,1H3. The fourth-order valence-corrected chi connectivity index (χ4v) is 4.42. The van der Waals surface area contributed by atoms with Crippen LogP contribution in [0.5, 0.6) is 0 Å². The van der Waals surface area contributed by atoms with Gasteiger partial charge >= 0.3 is 0 Å². The number of Topliss-reactive ketones (excluding diaryl/α,β-unsaturated/α-hetero) is 1. The molecule has 3 aromatic heterocycles. The Labute approximate surface area is 182 Å². The third-order valence-corrected chi connectivity index (χ3v) is 6.29. The van der Waals surface area contributed by atoms with Crippen molar-refractivity contribution in [1.29, 1.82) is 5.26 Å². The minimum atomic E-state index is -0.455. The predicted octanol–water partition coefficient (Wildman–Crippen LogP) is 3.84. The molecular formula is C22H18N6O2S. The number of carbonyl (C=O) groups excluding carboxylic acids is 1. The molecule has 8 nitrogen and oxygen atoms in total. The number of fused-ring (bicyclic) bond motifs is 1. The lowest BCUT2D eigenvalue weighted by Gasteiger charge is -2.01. The lowest BCUT2D eigenvalue weighted by atomic mass is 10.00. The van der Waals surface area contributed by atoms with Crippen LogP contribution < -0.4 is 0 Å². The van der Waals surface area contributed by atoms with E-state index in [-0.39, 0.29) is 24.5 Å². The van der Waals surface area contributed by atoms with E-state index < -0.39 is 5.41 Å². The summed E-state index contributed by atoms with van der Waals surface area (Å²) in [5.41, 5.74) is 2.29. The van der Waals surface area contributed by atoms with Crippen LogP contribution in [-0.2, 0) is 17.6 Å². The van der Waals surface area contributed by atoms with Gasteiger partial charge in [0.2, 0.25) is 11.8 Å². The number of nitrogens with zero attached hydrogens (tertiary/aromatic N) is 6. The number of aromatic nitrogens is 5. The van der Waals surface area contributed by atoms with Crippen molar-refractivity contribution < 1.29 is 9.21 Å². The third kappa shape index (κ3) is 4.20. The Bertz CT molecular complexity index is 1330. The molecule has 0 spiro atoms. The number of hydrogen-bond donors (Lipinski definition) is 0. The summed E-state index contributed by atoms with van der Waals surface area (Å²) in [6, 6.07) is 10.1. The summed E-state index contributed by atoms with van der Waals surface area (Å²) in [6.45, 7) is 1.94. The first-order valence-corrected chi connectivity index (χ1v) is 10.8. The smallest absolute Gasteiger partial charge is 0.223 e. The monoisotopic (exact) mass is 430 g/mol. The van der Waals surface area contributed by atoms with Gasteiger partial charge in [-0.05, 0) is 44.0 Å². The summed E-state index contributed by atoms with van der Waals surface area (Å²) in [6.07, 6.45) is 4.06. The van der Waals surface area contributed by atoms with Gasteiger partial charge in [-0.25, -0.2) is 15.0 Å². The van der Waals surface area contributed by atoms with Gasteiger partial charge in [-0.3, -0.25) is 4.79 Å². The van der Waals surface area contributed by atoms with Gasteiger partial charge in [0.25, 0.3) is 0 Å². The number of carbonyl (C=O) groups is 1. The van der Waals surface area contributed by atoms with E-state index in [1.54, 1.807) is 17.5 Å². The number of aryl methyl sites for hydroxylation is 1. The molecule has 5 rings (SSSR count). The first-order valence-electron chi connectivity index (χ1n) is 9.96. The Hall–Kier alpha value is -3.51. The average Bonchev–Trinajstić information content (AvgIpc) is 3.19. The molecule has 0 aliphatic heterocycles. The van der Waals surface area contributed by atoms with Crippen LogP contribution in [0, 0.1) is 23.7 Å². The summed E-state index contributed by atoms with van der Waals surface area (Å²) < 4.78 is 6.68. The van der Waals surface area contributed by atoms with Gasteiger partial charge < -0.3 is 4.42 Å². The normalized spacial score (nSPS) is 14.5. The van der Waals surface area contributed by atoms with Gasteiger partial charge in [0, 0.05) is 23.9 Å². The van der Waals surface area contributed by atoms with Crippen molar-refractivity contribution in [2.75, 3.05) is 0 Å². The zero-order valence-corrected chi connectivity index (χ0v) is 17.6. The summed E-state index contributed by atoms with van der Waals surface area (Å²) in [7, 11) is 0. The average molecular weight is 430 g/mol. The highest BCUT2D eigenvalue weighted by atomic mass is 32.1. The van der Waals surface area contributed by atoms with E-state index in [9.17, 15) is 4.79 Å². The SMILES string of the molecule is Cc1ccnc(-c2ccc3nc(Cc4nnc(CC(=O)CC5(C#N)CC5)o4)sc3c2)n1. The van der Waals surface area contributed by atoms with Crippen LogP contribution in [-0.4, -0.2) is 30.9 Å². The van der Waals surface area contributed by atoms with Gasteiger partial charge in [-0.1, -0.05) is 0 Å². The van der Waals surface area contributed by atoms with E-state index in [0.29, 0.717) is 18.1 Å². The topological polar surface area (TPSA) is 118 Å². The third-order valence-electron chi connectivity index (χ3n) is 5.27. The second kappa shape index (κ2) is 7.63. The fraction of sp³-hybridized carbons (Fsp3) is 0.318. The number of benzene rings is 1. The molecule has 31 heavy (non-hydrogen) atoms. The first-order chi connectivity index (χ1) is 15.0. The molecule has 1 fully saturated rings. The molecule has 0 amide bonds. The molecule has 0 saturated heterocycles. The van der Waals surface area contributed by atoms with Crippen LogP contribution in [0.1, 0.15) is 41.7 Å². The summed E-state index contributed by atoms with van der Waals surface area (Å²) in [5.74, 6) is 1.35. The van der Waals surface area contributed by atoms with E-state index in [2.05, 4.69) is 31.2 Å². The van der Waals surface area contributed by atoms with E-state index in [1.807, 2.05) is 31.2 Å². The van der Waals surface area contributed by atoms with Gasteiger partial charge in [-0.15, -0.1) is 21.5 Å². The van der Waals surface area contributed by atoms with Crippen molar-refractivity contribution >= 4 is 27.3 Å². The molecule has 0 atom stereocenters. The lowest BCUT2D eigenvalue weighted by molar-refractivity contribution is -0.119. The van der Waals surface area contributed by atoms with Crippen molar-refractivity contribution in [3.8, 4) is 17.5 Å². The van der Waals surface area contributed by atoms with Crippen LogP contribution in [0.15, 0.2) is 34.9 Å². The Morgan fingerprint density at radius 1 is 1.23 bits per heavy atom. The quantitative estimate of drug-likeness (QED) is 0.434. The molecule has 4 aromatic rings. The number of hydrogen-bond acceptors (Lipinski definition) is 9. The van der Waals surface area contributed by atoms with Gasteiger partial charge in [-0.2, -0.15) is 5.26 Å². The Kier molecular flexibility index (Phi) is 4.79. The van der Waals surface area contributed by atoms with Crippen molar-refractivity contribution in [1.82, 2.24) is 25.1 Å². The molecular weight excluding hydrogens is 412 g/mol. The zero-order valence-electron chi connectivity index (χ0n) is 16.8. The van der Waals surface area contributed by atoms with Crippen molar-refractivity contribution in [2.45, 2.75) is 39.0 Å². The van der Waals surface area contributed by atoms with Crippen molar-refractivity contribution in [3.05, 3.63) is 52.9 Å². The van der Waals surface area contributed by atoms with Crippen LogP contribution in [0.4, 0.5) is 0 Å². The molecule has 0 bridgehead atoms. The highest BCUT2D eigenvalue weighted by molar-refractivity contribution is 7.18. The molecule has 154 valence electrons. The zero-order chi connectivity index (χ0) is 21.4. The largest absolute Gasteiger partial charge is 0.424 e. The van der Waals surface area contributed by atoms with Gasteiger partial charge in [0.05, 0.1) is 34.5 Å². The van der Waals surface area contributed by atoms with E-state index in [1.165, 1.54) is 0 Å². The van der Waals surface area contributed by atoms with E-state index >= 15 is 0 Å². The van der Waals surface area contributed by atoms with Crippen molar-refractivity contribution in [2.24, 2.45) is 5.41 Å². The van der Waals surface area contributed by atoms with Crippen molar-refractivity contribution in [3.63, 3.8) is 0 Å². The number of thiazole rings is 1. The number of rotatable bonds is 7. The van der Waals surface area contributed by atoms with Gasteiger partial charge in [0.15, 0.2) is 5.82 Å². The maximum Gasteiger partial charge on any atom is 0.223 e. The fourth-order valence-electron chi connectivity index (χ4n) is 3.42. The molecule has 1 aromatic carbocycles. The van der Waals surface area contributed by atoms with Crippen LogP contribution in [0.2, 0.25) is 0 Å². The Morgan fingerprint density at radius 3 is 2.84 bits per heavy atom. The summed E-state index contributed by atoms with van der Waals surface area (Å²) >= 11 is 1.55. The number of nitriles is 1. The molecule has 1 saturated carbocycles. The molecule has 0 N–H and O–H groups in total.